The predicted molar refractivity (Wildman–Crippen MR) is 66.0 cm³/mol. The summed E-state index contributed by atoms with van der Waals surface area (Å²) in [6, 6.07) is 0. The van der Waals surface area contributed by atoms with E-state index in [1.807, 2.05) is 15.7 Å². The zero-order valence-electron chi connectivity index (χ0n) is 9.96. The van der Waals surface area contributed by atoms with Crippen molar-refractivity contribution in [1.29, 1.82) is 0 Å². The molecule has 1 saturated heterocycles. The quantitative estimate of drug-likeness (QED) is 0.749. The number of morpholine rings is 1. The summed E-state index contributed by atoms with van der Waals surface area (Å²) in [5.74, 6) is 0.626. The van der Waals surface area contributed by atoms with Crippen LogP contribution in [0.2, 0.25) is 0 Å². The van der Waals surface area contributed by atoms with Gasteiger partial charge in [0.25, 0.3) is 0 Å². The number of aryl methyl sites for hydroxylation is 1. The summed E-state index contributed by atoms with van der Waals surface area (Å²) in [7, 11) is 0. The highest BCUT2D eigenvalue weighted by molar-refractivity contribution is 7.99. The molecule has 17 heavy (non-hydrogen) atoms. The third-order valence-electron chi connectivity index (χ3n) is 2.71. The maximum atomic E-state index is 11.9. The molecule has 1 aromatic rings. The van der Waals surface area contributed by atoms with Crippen LogP contribution >= 0.6 is 11.8 Å². The van der Waals surface area contributed by atoms with E-state index >= 15 is 0 Å². The zero-order chi connectivity index (χ0) is 12.1. The van der Waals surface area contributed by atoms with Crippen molar-refractivity contribution in [2.45, 2.75) is 18.6 Å². The van der Waals surface area contributed by atoms with Crippen LogP contribution in [-0.4, -0.2) is 52.4 Å². The van der Waals surface area contributed by atoms with E-state index < -0.39 is 0 Å². The first-order valence-electron chi connectivity index (χ1n) is 5.80. The van der Waals surface area contributed by atoms with E-state index in [1.165, 1.54) is 11.8 Å². The molecule has 0 atom stereocenters. The lowest BCUT2D eigenvalue weighted by Gasteiger charge is -2.26. The average molecular weight is 255 g/mol. The van der Waals surface area contributed by atoms with Gasteiger partial charge in [0, 0.05) is 32.0 Å². The number of imidazole rings is 1. The molecule has 1 fully saturated rings. The Balaban J connectivity index is 1.83. The molecule has 1 amide bonds. The Labute approximate surface area is 105 Å². The number of amides is 1. The van der Waals surface area contributed by atoms with Crippen LogP contribution in [0.1, 0.15) is 6.92 Å². The Hall–Kier alpha value is -1.01. The van der Waals surface area contributed by atoms with Crippen molar-refractivity contribution in [2.24, 2.45) is 0 Å². The third-order valence-corrected chi connectivity index (χ3v) is 3.70. The van der Waals surface area contributed by atoms with Crippen molar-refractivity contribution in [3.8, 4) is 0 Å². The van der Waals surface area contributed by atoms with Crippen LogP contribution in [0.15, 0.2) is 17.6 Å². The molecule has 0 saturated carbocycles. The minimum absolute atomic E-state index is 0.170. The van der Waals surface area contributed by atoms with Gasteiger partial charge in [-0.3, -0.25) is 4.79 Å². The summed E-state index contributed by atoms with van der Waals surface area (Å²) in [5, 5.41) is 0.911. The smallest absolute Gasteiger partial charge is 0.233 e. The SMILES string of the molecule is CCn1ccnc1SCC(=O)N1CCOCC1. The molecule has 94 valence electrons. The molecular weight excluding hydrogens is 238 g/mol. The fraction of sp³-hybridized carbons (Fsp3) is 0.636. The van der Waals surface area contributed by atoms with Crippen LogP contribution in [0.4, 0.5) is 0 Å². The second-order valence-corrected chi connectivity index (χ2v) is 4.72. The first-order chi connectivity index (χ1) is 8.31. The maximum Gasteiger partial charge on any atom is 0.233 e. The summed E-state index contributed by atoms with van der Waals surface area (Å²) in [6.07, 6.45) is 3.70. The van der Waals surface area contributed by atoms with Gasteiger partial charge in [-0.05, 0) is 6.92 Å². The van der Waals surface area contributed by atoms with Crippen LogP contribution in [0.3, 0.4) is 0 Å². The van der Waals surface area contributed by atoms with Gasteiger partial charge >= 0.3 is 0 Å². The molecule has 1 aliphatic heterocycles. The van der Waals surface area contributed by atoms with Gasteiger partial charge in [-0.15, -0.1) is 0 Å². The van der Waals surface area contributed by atoms with Gasteiger partial charge in [-0.1, -0.05) is 11.8 Å². The normalized spacial score (nSPS) is 16.2. The molecule has 2 rings (SSSR count). The Bertz CT molecular complexity index is 375. The van der Waals surface area contributed by atoms with Crippen molar-refractivity contribution < 1.29 is 9.53 Å². The minimum atomic E-state index is 0.170. The first-order valence-corrected chi connectivity index (χ1v) is 6.79. The van der Waals surface area contributed by atoms with Gasteiger partial charge in [-0.25, -0.2) is 4.98 Å². The molecule has 6 heteroatoms. The highest BCUT2D eigenvalue weighted by atomic mass is 32.2. The van der Waals surface area contributed by atoms with Crippen molar-refractivity contribution >= 4 is 17.7 Å². The van der Waals surface area contributed by atoms with E-state index in [-0.39, 0.29) is 5.91 Å². The lowest BCUT2D eigenvalue weighted by atomic mass is 10.4. The Morgan fingerprint density at radius 1 is 1.53 bits per heavy atom. The molecule has 0 bridgehead atoms. The van der Waals surface area contributed by atoms with Crippen LogP contribution in [0.5, 0.6) is 0 Å². The summed E-state index contributed by atoms with van der Waals surface area (Å²) in [5.41, 5.74) is 0. The molecule has 0 unspecified atom stereocenters. The van der Waals surface area contributed by atoms with E-state index in [4.69, 9.17) is 4.74 Å². The Morgan fingerprint density at radius 3 is 3.00 bits per heavy atom. The number of nitrogens with zero attached hydrogens (tertiary/aromatic N) is 3. The number of hydrogen-bond acceptors (Lipinski definition) is 4. The standard InChI is InChI=1S/C11H17N3O2S/c1-2-13-4-3-12-11(13)17-9-10(15)14-5-7-16-8-6-14/h3-4H,2,5-9H2,1H3. The molecule has 1 aliphatic rings. The van der Waals surface area contributed by atoms with Crippen molar-refractivity contribution in [1.82, 2.24) is 14.5 Å². The van der Waals surface area contributed by atoms with Gasteiger partial charge in [0.15, 0.2) is 5.16 Å². The van der Waals surface area contributed by atoms with E-state index in [0.717, 1.165) is 11.7 Å². The number of thioether (sulfide) groups is 1. The second kappa shape index (κ2) is 6.07. The second-order valence-electron chi connectivity index (χ2n) is 3.78. The molecule has 5 nitrogen and oxygen atoms in total. The summed E-state index contributed by atoms with van der Waals surface area (Å²) in [6.45, 7) is 5.67. The van der Waals surface area contributed by atoms with Gasteiger partial charge in [0.2, 0.25) is 5.91 Å². The summed E-state index contributed by atoms with van der Waals surface area (Å²) in [4.78, 5) is 18.0. The Kier molecular flexibility index (Phi) is 4.44. The van der Waals surface area contributed by atoms with E-state index in [0.29, 0.717) is 32.1 Å². The molecule has 0 spiro atoms. The lowest BCUT2D eigenvalue weighted by molar-refractivity contribution is -0.132. The lowest BCUT2D eigenvalue weighted by Crippen LogP contribution is -2.41. The van der Waals surface area contributed by atoms with E-state index in [2.05, 4.69) is 11.9 Å². The van der Waals surface area contributed by atoms with Gasteiger partial charge in [0.05, 0.1) is 19.0 Å². The monoisotopic (exact) mass is 255 g/mol. The summed E-state index contributed by atoms with van der Waals surface area (Å²) >= 11 is 1.50. The number of carbonyl (C=O) groups excluding carboxylic acids is 1. The van der Waals surface area contributed by atoms with Crippen LogP contribution < -0.4 is 0 Å². The number of rotatable bonds is 4. The minimum Gasteiger partial charge on any atom is -0.378 e. The van der Waals surface area contributed by atoms with E-state index in [9.17, 15) is 4.79 Å². The van der Waals surface area contributed by atoms with E-state index in [1.54, 1.807) is 6.20 Å². The van der Waals surface area contributed by atoms with Crippen LogP contribution in [0.25, 0.3) is 0 Å². The summed E-state index contributed by atoms with van der Waals surface area (Å²) < 4.78 is 7.26. The average Bonchev–Trinajstić information content (AvgIpc) is 2.84. The number of ether oxygens (including phenoxy) is 1. The van der Waals surface area contributed by atoms with Gasteiger partial charge in [-0.2, -0.15) is 0 Å². The van der Waals surface area contributed by atoms with Crippen molar-refractivity contribution in [2.75, 3.05) is 32.1 Å². The van der Waals surface area contributed by atoms with Crippen LogP contribution in [-0.2, 0) is 16.1 Å². The molecule has 0 radical (unpaired) electrons. The molecule has 0 N–H and O–H groups in total. The topological polar surface area (TPSA) is 47.4 Å². The number of hydrogen-bond donors (Lipinski definition) is 0. The fourth-order valence-electron chi connectivity index (χ4n) is 1.71. The molecule has 0 aromatic carbocycles. The molecular formula is C11H17N3O2S. The molecule has 1 aromatic heterocycles. The Morgan fingerprint density at radius 2 is 2.29 bits per heavy atom. The number of carbonyl (C=O) groups is 1. The number of aromatic nitrogens is 2. The predicted octanol–water partition coefficient (Wildman–Crippen LogP) is 0.854. The molecule has 0 aliphatic carbocycles. The largest absolute Gasteiger partial charge is 0.378 e. The fourth-order valence-corrected chi connectivity index (χ4v) is 2.63. The van der Waals surface area contributed by atoms with Crippen molar-refractivity contribution in [3.05, 3.63) is 12.4 Å². The third kappa shape index (κ3) is 3.23. The zero-order valence-corrected chi connectivity index (χ0v) is 10.8. The van der Waals surface area contributed by atoms with Gasteiger partial charge < -0.3 is 14.2 Å². The van der Waals surface area contributed by atoms with Gasteiger partial charge in [0.1, 0.15) is 0 Å². The van der Waals surface area contributed by atoms with Crippen LogP contribution in [0, 0.1) is 0 Å². The highest BCUT2D eigenvalue weighted by Gasteiger charge is 2.17. The van der Waals surface area contributed by atoms with Crippen molar-refractivity contribution in [3.63, 3.8) is 0 Å². The molecule has 2 heterocycles. The first kappa shape index (κ1) is 12.4. The highest BCUT2D eigenvalue weighted by Crippen LogP contribution is 2.16. The maximum absolute atomic E-state index is 11.9.